The van der Waals surface area contributed by atoms with E-state index in [9.17, 15) is 25.2 Å². The molecule has 6 heteroatoms. The molecule has 26 heavy (non-hydrogen) atoms. The maximum Gasteiger partial charge on any atom is 0.167 e. The molecule has 1 saturated heterocycles. The SMILES string of the molecule is O=C(Cc1ccccc1)c1cccc([C@H]2O[C@H](CO)[C@@H](O)[C@H](O)[C@@H]2O)c1. The third-order valence-corrected chi connectivity index (χ3v) is 4.64. The maximum atomic E-state index is 12.5. The summed E-state index contributed by atoms with van der Waals surface area (Å²) in [6.07, 6.45) is -5.91. The summed E-state index contributed by atoms with van der Waals surface area (Å²) in [6, 6.07) is 16.0. The van der Waals surface area contributed by atoms with Crippen molar-refractivity contribution in [2.45, 2.75) is 36.9 Å². The third kappa shape index (κ3) is 3.85. The van der Waals surface area contributed by atoms with E-state index in [0.29, 0.717) is 11.1 Å². The summed E-state index contributed by atoms with van der Waals surface area (Å²) in [6.45, 7) is -0.492. The van der Waals surface area contributed by atoms with Crippen LogP contribution in [0.25, 0.3) is 0 Å². The van der Waals surface area contributed by atoms with Crippen molar-refractivity contribution in [2.24, 2.45) is 0 Å². The smallest absolute Gasteiger partial charge is 0.167 e. The van der Waals surface area contributed by atoms with Crippen molar-refractivity contribution in [3.05, 3.63) is 71.3 Å². The second-order valence-electron chi connectivity index (χ2n) is 6.46. The number of hydrogen-bond donors (Lipinski definition) is 4. The highest BCUT2D eigenvalue weighted by Crippen LogP contribution is 2.32. The predicted molar refractivity (Wildman–Crippen MR) is 93.6 cm³/mol. The van der Waals surface area contributed by atoms with Crippen LogP contribution in [0.4, 0.5) is 0 Å². The van der Waals surface area contributed by atoms with Gasteiger partial charge >= 0.3 is 0 Å². The topological polar surface area (TPSA) is 107 Å². The van der Waals surface area contributed by atoms with Gasteiger partial charge < -0.3 is 25.2 Å². The van der Waals surface area contributed by atoms with Crippen molar-refractivity contribution in [3.63, 3.8) is 0 Å². The molecule has 3 rings (SSSR count). The molecule has 1 heterocycles. The Bertz CT molecular complexity index is 745. The number of aliphatic hydroxyl groups is 4. The van der Waals surface area contributed by atoms with Crippen LogP contribution in [0, 0.1) is 0 Å². The van der Waals surface area contributed by atoms with Crippen LogP contribution >= 0.6 is 0 Å². The molecule has 1 aliphatic rings. The summed E-state index contributed by atoms with van der Waals surface area (Å²) in [5, 5.41) is 39.4. The van der Waals surface area contributed by atoms with Crippen molar-refractivity contribution >= 4 is 5.78 Å². The highest BCUT2D eigenvalue weighted by Gasteiger charge is 2.43. The Morgan fingerprint density at radius 1 is 0.923 bits per heavy atom. The summed E-state index contributed by atoms with van der Waals surface area (Å²) in [5.74, 6) is -0.0809. The quantitative estimate of drug-likeness (QED) is 0.584. The largest absolute Gasteiger partial charge is 0.394 e. The lowest BCUT2D eigenvalue weighted by Crippen LogP contribution is -2.55. The van der Waals surface area contributed by atoms with E-state index in [4.69, 9.17) is 4.74 Å². The molecule has 0 radical (unpaired) electrons. The monoisotopic (exact) mass is 358 g/mol. The lowest BCUT2D eigenvalue weighted by molar-refractivity contribution is -0.231. The summed E-state index contributed by atoms with van der Waals surface area (Å²) >= 11 is 0. The highest BCUT2D eigenvalue weighted by molar-refractivity contribution is 5.97. The summed E-state index contributed by atoms with van der Waals surface area (Å²) in [5.41, 5.74) is 1.86. The minimum Gasteiger partial charge on any atom is -0.394 e. The molecule has 0 aliphatic carbocycles. The minimum atomic E-state index is -1.45. The van der Waals surface area contributed by atoms with Gasteiger partial charge in [0.05, 0.1) is 6.61 Å². The molecule has 4 N–H and O–H groups in total. The summed E-state index contributed by atoms with van der Waals surface area (Å²) in [4.78, 5) is 12.5. The maximum absolute atomic E-state index is 12.5. The van der Waals surface area contributed by atoms with Crippen LogP contribution in [0.1, 0.15) is 27.6 Å². The third-order valence-electron chi connectivity index (χ3n) is 4.64. The number of benzene rings is 2. The number of ketones is 1. The first-order chi connectivity index (χ1) is 12.5. The minimum absolute atomic E-state index is 0.0809. The average Bonchev–Trinajstić information content (AvgIpc) is 2.67. The second kappa shape index (κ2) is 8.07. The standard InChI is InChI=1S/C20H22O6/c21-11-16-17(23)18(24)19(25)20(26-16)14-8-4-7-13(10-14)15(22)9-12-5-2-1-3-6-12/h1-8,10,16-21,23-25H,9,11H2/t16-,17-,18+,19+,20-/m1/s1. The van der Waals surface area contributed by atoms with Crippen molar-refractivity contribution in [2.75, 3.05) is 6.61 Å². The molecule has 0 aromatic heterocycles. The lowest BCUT2D eigenvalue weighted by atomic mass is 9.90. The first-order valence-corrected chi connectivity index (χ1v) is 8.49. The van der Waals surface area contributed by atoms with Gasteiger partial charge in [-0.1, -0.05) is 48.5 Å². The Morgan fingerprint density at radius 2 is 1.65 bits per heavy atom. The molecule has 0 amide bonds. The number of ether oxygens (including phenoxy) is 1. The Balaban J connectivity index is 1.81. The van der Waals surface area contributed by atoms with Gasteiger partial charge in [0, 0.05) is 12.0 Å². The van der Waals surface area contributed by atoms with Crippen LogP contribution in [0.3, 0.4) is 0 Å². The van der Waals surface area contributed by atoms with E-state index in [0.717, 1.165) is 5.56 Å². The van der Waals surface area contributed by atoms with E-state index in [-0.39, 0.29) is 12.2 Å². The van der Waals surface area contributed by atoms with E-state index in [1.165, 1.54) is 0 Å². The number of aliphatic hydroxyl groups excluding tert-OH is 4. The molecule has 2 aromatic carbocycles. The molecule has 6 nitrogen and oxygen atoms in total. The van der Waals surface area contributed by atoms with E-state index in [1.54, 1.807) is 24.3 Å². The molecule has 1 fully saturated rings. The fraction of sp³-hybridized carbons (Fsp3) is 0.350. The van der Waals surface area contributed by atoms with Gasteiger partial charge in [-0.3, -0.25) is 4.79 Å². The van der Waals surface area contributed by atoms with E-state index >= 15 is 0 Å². The molecule has 0 saturated carbocycles. The molecule has 5 atom stereocenters. The van der Waals surface area contributed by atoms with Gasteiger partial charge in [0.1, 0.15) is 30.5 Å². The van der Waals surface area contributed by atoms with Gasteiger partial charge in [0.2, 0.25) is 0 Å². The highest BCUT2D eigenvalue weighted by atomic mass is 16.5. The van der Waals surface area contributed by atoms with Gasteiger partial charge in [0.25, 0.3) is 0 Å². The molecular weight excluding hydrogens is 336 g/mol. The molecular formula is C20H22O6. The van der Waals surface area contributed by atoms with Crippen molar-refractivity contribution in [3.8, 4) is 0 Å². The van der Waals surface area contributed by atoms with Gasteiger partial charge in [0.15, 0.2) is 5.78 Å². The number of hydrogen-bond acceptors (Lipinski definition) is 6. The number of Topliss-reactive ketones (excluding diaryl/α,β-unsaturated/α-hetero) is 1. The molecule has 0 unspecified atom stereocenters. The fourth-order valence-electron chi connectivity index (χ4n) is 3.15. The Hall–Kier alpha value is -2.09. The fourth-order valence-corrected chi connectivity index (χ4v) is 3.15. The first kappa shape index (κ1) is 18.7. The van der Waals surface area contributed by atoms with Crippen LogP contribution in [-0.2, 0) is 11.2 Å². The zero-order chi connectivity index (χ0) is 18.7. The molecule has 2 aromatic rings. The second-order valence-corrected chi connectivity index (χ2v) is 6.46. The first-order valence-electron chi connectivity index (χ1n) is 8.49. The number of rotatable bonds is 5. The Morgan fingerprint density at radius 3 is 2.35 bits per heavy atom. The van der Waals surface area contributed by atoms with Crippen molar-refractivity contribution < 1.29 is 30.0 Å². The van der Waals surface area contributed by atoms with Gasteiger partial charge in [-0.05, 0) is 17.2 Å². The molecule has 138 valence electrons. The van der Waals surface area contributed by atoms with E-state index in [1.807, 2.05) is 30.3 Å². The predicted octanol–water partition coefficient (Wildman–Crippen LogP) is 0.627. The summed E-state index contributed by atoms with van der Waals surface area (Å²) in [7, 11) is 0. The van der Waals surface area contributed by atoms with Gasteiger partial charge in [-0.15, -0.1) is 0 Å². The summed E-state index contributed by atoms with van der Waals surface area (Å²) < 4.78 is 5.55. The van der Waals surface area contributed by atoms with Crippen LogP contribution in [0.2, 0.25) is 0 Å². The van der Waals surface area contributed by atoms with E-state index < -0.39 is 37.1 Å². The molecule has 0 spiro atoms. The average molecular weight is 358 g/mol. The van der Waals surface area contributed by atoms with Gasteiger partial charge in [-0.2, -0.15) is 0 Å². The van der Waals surface area contributed by atoms with Crippen LogP contribution in [-0.4, -0.2) is 57.2 Å². The molecule has 0 bridgehead atoms. The van der Waals surface area contributed by atoms with Crippen LogP contribution in [0.15, 0.2) is 54.6 Å². The van der Waals surface area contributed by atoms with Gasteiger partial charge in [-0.25, -0.2) is 0 Å². The normalized spacial score (nSPS) is 28.7. The van der Waals surface area contributed by atoms with Crippen LogP contribution in [0.5, 0.6) is 0 Å². The lowest BCUT2D eigenvalue weighted by Gasteiger charge is -2.40. The Kier molecular flexibility index (Phi) is 5.80. The zero-order valence-corrected chi connectivity index (χ0v) is 14.1. The van der Waals surface area contributed by atoms with Crippen molar-refractivity contribution in [1.29, 1.82) is 0 Å². The zero-order valence-electron chi connectivity index (χ0n) is 14.1. The number of carbonyl (C=O) groups is 1. The number of carbonyl (C=O) groups excluding carboxylic acids is 1. The molecule has 1 aliphatic heterocycles. The van der Waals surface area contributed by atoms with Crippen LogP contribution < -0.4 is 0 Å². The Labute approximate surface area is 151 Å². The van der Waals surface area contributed by atoms with Crippen molar-refractivity contribution in [1.82, 2.24) is 0 Å². The van der Waals surface area contributed by atoms with E-state index in [2.05, 4.69) is 0 Å².